The molecule has 0 saturated carbocycles. The minimum atomic E-state index is -3.68. The molecule has 29 heavy (non-hydrogen) atoms. The molecular formula is C21H22FN3O2S2. The van der Waals surface area contributed by atoms with Crippen LogP contribution in [0.4, 0.5) is 9.52 Å². The molecule has 1 N–H and O–H groups in total. The molecule has 4 rings (SSSR count). The molecule has 1 fully saturated rings. The van der Waals surface area contributed by atoms with Crippen molar-refractivity contribution in [3.63, 3.8) is 0 Å². The highest BCUT2D eigenvalue weighted by Crippen LogP contribution is 2.30. The summed E-state index contributed by atoms with van der Waals surface area (Å²) >= 11 is 1.12. The van der Waals surface area contributed by atoms with E-state index < -0.39 is 15.7 Å². The van der Waals surface area contributed by atoms with Gasteiger partial charge in [0.15, 0.2) is 5.13 Å². The standard InChI is InChI=1S/C21H22FN3O2S2/c22-17-6-8-19(9-7-17)29(26,27)20-14-23-21(28-20)24-18-10-12-25(13-11-18)15-16-4-2-1-3-5-16/h1-9,14,18H,10-13,15H2,(H,23,24). The zero-order chi connectivity index (χ0) is 20.3. The molecule has 0 unspecified atom stereocenters. The predicted octanol–water partition coefficient (Wildman–Crippen LogP) is 4.19. The first-order chi connectivity index (χ1) is 14.0. The van der Waals surface area contributed by atoms with Gasteiger partial charge in [-0.15, -0.1) is 0 Å². The Kier molecular flexibility index (Phi) is 5.94. The third-order valence-corrected chi connectivity index (χ3v) is 8.20. The molecule has 0 spiro atoms. The van der Waals surface area contributed by atoms with Crippen LogP contribution in [-0.4, -0.2) is 37.4 Å². The van der Waals surface area contributed by atoms with Crippen LogP contribution in [0.2, 0.25) is 0 Å². The van der Waals surface area contributed by atoms with Gasteiger partial charge in [0.2, 0.25) is 9.84 Å². The van der Waals surface area contributed by atoms with Gasteiger partial charge >= 0.3 is 0 Å². The molecule has 8 heteroatoms. The molecule has 5 nitrogen and oxygen atoms in total. The number of nitrogens with zero attached hydrogens (tertiary/aromatic N) is 2. The van der Waals surface area contributed by atoms with Crippen molar-refractivity contribution in [1.29, 1.82) is 0 Å². The average molecular weight is 432 g/mol. The molecule has 0 amide bonds. The summed E-state index contributed by atoms with van der Waals surface area (Å²) in [6.07, 6.45) is 3.33. The van der Waals surface area contributed by atoms with E-state index in [2.05, 4.69) is 39.5 Å². The fourth-order valence-corrected chi connectivity index (χ4v) is 5.94. The minimum Gasteiger partial charge on any atom is -0.359 e. The first kappa shape index (κ1) is 20.0. The van der Waals surface area contributed by atoms with Crippen LogP contribution in [0.1, 0.15) is 18.4 Å². The van der Waals surface area contributed by atoms with Crippen LogP contribution in [0.25, 0.3) is 0 Å². The summed E-state index contributed by atoms with van der Waals surface area (Å²) in [7, 11) is -3.68. The van der Waals surface area contributed by atoms with Crippen LogP contribution >= 0.6 is 11.3 Å². The number of nitrogens with one attached hydrogen (secondary N) is 1. The smallest absolute Gasteiger partial charge is 0.217 e. The summed E-state index contributed by atoms with van der Waals surface area (Å²) in [6.45, 7) is 2.92. The Labute approximate surface area is 174 Å². The third kappa shape index (κ3) is 4.83. The van der Waals surface area contributed by atoms with Gasteiger partial charge in [-0.05, 0) is 42.7 Å². The van der Waals surface area contributed by atoms with E-state index >= 15 is 0 Å². The molecule has 1 aliphatic heterocycles. The van der Waals surface area contributed by atoms with E-state index in [0.29, 0.717) is 5.13 Å². The Morgan fingerprint density at radius 3 is 2.45 bits per heavy atom. The number of thiazole rings is 1. The number of sulfone groups is 1. The second kappa shape index (κ2) is 8.61. The molecule has 0 radical (unpaired) electrons. The monoisotopic (exact) mass is 431 g/mol. The maximum absolute atomic E-state index is 13.1. The van der Waals surface area contributed by atoms with Crippen LogP contribution < -0.4 is 5.32 Å². The van der Waals surface area contributed by atoms with Gasteiger partial charge < -0.3 is 5.32 Å². The molecule has 1 saturated heterocycles. The Balaban J connectivity index is 1.34. The summed E-state index contributed by atoms with van der Waals surface area (Å²) < 4.78 is 38.6. The van der Waals surface area contributed by atoms with Crippen LogP contribution in [0.15, 0.2) is 69.9 Å². The Bertz CT molecular complexity index is 1050. The normalized spacial score (nSPS) is 16.0. The van der Waals surface area contributed by atoms with Crippen molar-refractivity contribution < 1.29 is 12.8 Å². The van der Waals surface area contributed by atoms with E-state index in [-0.39, 0.29) is 15.1 Å². The number of hydrogen-bond acceptors (Lipinski definition) is 6. The summed E-state index contributed by atoms with van der Waals surface area (Å²) in [5.41, 5.74) is 1.31. The van der Waals surface area contributed by atoms with Gasteiger partial charge in [-0.3, -0.25) is 4.90 Å². The largest absolute Gasteiger partial charge is 0.359 e. The first-order valence-electron chi connectivity index (χ1n) is 9.50. The van der Waals surface area contributed by atoms with Crippen molar-refractivity contribution in [3.05, 3.63) is 72.2 Å². The quantitative estimate of drug-likeness (QED) is 0.593. The van der Waals surface area contributed by atoms with E-state index in [0.717, 1.165) is 55.9 Å². The van der Waals surface area contributed by atoms with Crippen LogP contribution in [0.5, 0.6) is 0 Å². The summed E-state index contributed by atoms with van der Waals surface area (Å²) in [5.74, 6) is -0.464. The van der Waals surface area contributed by atoms with Crippen LogP contribution in [0, 0.1) is 5.82 Å². The predicted molar refractivity (Wildman–Crippen MR) is 112 cm³/mol. The van der Waals surface area contributed by atoms with Crippen molar-refractivity contribution in [2.45, 2.75) is 34.5 Å². The van der Waals surface area contributed by atoms with Crippen molar-refractivity contribution >= 4 is 26.3 Å². The molecule has 0 aliphatic carbocycles. The lowest BCUT2D eigenvalue weighted by Gasteiger charge is -2.32. The van der Waals surface area contributed by atoms with Gasteiger partial charge in [0, 0.05) is 25.7 Å². The molecule has 0 bridgehead atoms. The fraction of sp³-hybridized carbons (Fsp3) is 0.286. The number of anilines is 1. The topological polar surface area (TPSA) is 62.3 Å². The second-order valence-electron chi connectivity index (χ2n) is 7.12. The summed E-state index contributed by atoms with van der Waals surface area (Å²) in [6, 6.07) is 15.6. The molecule has 2 aromatic carbocycles. The van der Waals surface area contributed by atoms with Gasteiger partial charge in [0.25, 0.3) is 0 Å². The molecule has 3 aromatic rings. The number of likely N-dealkylation sites (tertiary alicyclic amines) is 1. The second-order valence-corrected chi connectivity index (χ2v) is 10.3. The maximum atomic E-state index is 13.1. The maximum Gasteiger partial charge on any atom is 0.217 e. The Morgan fingerprint density at radius 2 is 1.76 bits per heavy atom. The molecule has 1 aromatic heterocycles. The Hall–Kier alpha value is -2.29. The lowest BCUT2D eigenvalue weighted by Crippen LogP contribution is -2.38. The fourth-order valence-electron chi connectivity index (χ4n) is 3.43. The van der Waals surface area contributed by atoms with Gasteiger partial charge in [0.1, 0.15) is 10.0 Å². The number of aromatic nitrogens is 1. The van der Waals surface area contributed by atoms with Gasteiger partial charge in [-0.25, -0.2) is 17.8 Å². The van der Waals surface area contributed by atoms with E-state index in [9.17, 15) is 12.8 Å². The van der Waals surface area contributed by atoms with Crippen LogP contribution in [-0.2, 0) is 16.4 Å². The average Bonchev–Trinajstić information content (AvgIpc) is 3.20. The highest BCUT2D eigenvalue weighted by Gasteiger charge is 2.23. The van der Waals surface area contributed by atoms with E-state index in [1.807, 2.05) is 6.07 Å². The van der Waals surface area contributed by atoms with Crippen molar-refractivity contribution in [1.82, 2.24) is 9.88 Å². The molecule has 1 aliphatic rings. The first-order valence-corrected chi connectivity index (χ1v) is 11.8. The zero-order valence-corrected chi connectivity index (χ0v) is 17.4. The van der Waals surface area contributed by atoms with E-state index in [1.54, 1.807) is 0 Å². The van der Waals surface area contributed by atoms with E-state index in [4.69, 9.17) is 0 Å². The highest BCUT2D eigenvalue weighted by molar-refractivity contribution is 7.93. The van der Waals surface area contributed by atoms with Gasteiger partial charge in [0.05, 0.1) is 11.1 Å². The molecule has 0 atom stereocenters. The van der Waals surface area contributed by atoms with E-state index in [1.165, 1.54) is 23.9 Å². The van der Waals surface area contributed by atoms with Crippen LogP contribution in [0.3, 0.4) is 0 Å². The summed E-state index contributed by atoms with van der Waals surface area (Å²) in [5, 5.41) is 3.98. The van der Waals surface area contributed by atoms with Gasteiger partial charge in [-0.2, -0.15) is 0 Å². The molecule has 2 heterocycles. The van der Waals surface area contributed by atoms with Gasteiger partial charge in [-0.1, -0.05) is 41.7 Å². The molecular weight excluding hydrogens is 409 g/mol. The Morgan fingerprint density at radius 1 is 1.07 bits per heavy atom. The number of halogens is 1. The van der Waals surface area contributed by atoms with Crippen molar-refractivity contribution in [2.24, 2.45) is 0 Å². The number of piperidine rings is 1. The number of hydrogen-bond donors (Lipinski definition) is 1. The lowest BCUT2D eigenvalue weighted by atomic mass is 10.0. The lowest BCUT2D eigenvalue weighted by molar-refractivity contribution is 0.211. The van der Waals surface area contributed by atoms with Crippen molar-refractivity contribution in [3.8, 4) is 0 Å². The highest BCUT2D eigenvalue weighted by atomic mass is 32.2. The SMILES string of the molecule is O=S(=O)(c1ccc(F)cc1)c1cnc(NC2CCN(Cc3ccccc3)CC2)s1. The number of benzene rings is 2. The van der Waals surface area contributed by atoms with Crippen molar-refractivity contribution in [2.75, 3.05) is 18.4 Å². The summed E-state index contributed by atoms with van der Waals surface area (Å²) in [4.78, 5) is 6.75. The number of rotatable bonds is 6. The minimum absolute atomic E-state index is 0.0725. The molecule has 152 valence electrons. The zero-order valence-electron chi connectivity index (χ0n) is 15.8. The third-order valence-electron chi connectivity index (χ3n) is 5.04.